The Morgan fingerprint density at radius 1 is 1.19 bits per heavy atom. The van der Waals surface area contributed by atoms with Crippen LogP contribution in [0.4, 0.5) is 0 Å². The van der Waals surface area contributed by atoms with Gasteiger partial charge in [-0.1, -0.05) is 6.92 Å². The molecule has 96 valence electrons. The van der Waals surface area contributed by atoms with E-state index in [9.17, 15) is 5.11 Å². The predicted octanol–water partition coefficient (Wildman–Crippen LogP) is 1.77. The molecule has 0 saturated heterocycles. The summed E-state index contributed by atoms with van der Waals surface area (Å²) in [5.74, 6) is 0.860. The van der Waals surface area contributed by atoms with E-state index < -0.39 is 0 Å². The standard InChI is InChI=1S/C13H28N2O/c1-5-15(11(2)16)13-8-6-12(7-9-13)10-14(3)4/h11-13,16H,5-10H2,1-4H3. The van der Waals surface area contributed by atoms with Crippen molar-refractivity contribution >= 4 is 0 Å². The Hall–Kier alpha value is -0.120. The molecule has 0 aliphatic heterocycles. The Bertz CT molecular complexity index is 186. The van der Waals surface area contributed by atoms with Crippen molar-refractivity contribution in [2.45, 2.75) is 51.8 Å². The third-order valence-corrected chi connectivity index (χ3v) is 3.75. The molecule has 1 aliphatic carbocycles. The zero-order chi connectivity index (χ0) is 12.1. The largest absolute Gasteiger partial charge is 0.379 e. The summed E-state index contributed by atoms with van der Waals surface area (Å²) in [5.41, 5.74) is 0. The SMILES string of the molecule is CCN(C(C)O)C1CCC(CN(C)C)CC1. The zero-order valence-electron chi connectivity index (χ0n) is 11.3. The Balaban J connectivity index is 2.36. The molecule has 1 aliphatic rings. The van der Waals surface area contributed by atoms with Gasteiger partial charge in [0.15, 0.2) is 0 Å². The second-order valence-electron chi connectivity index (χ2n) is 5.40. The first-order valence-electron chi connectivity index (χ1n) is 6.63. The van der Waals surface area contributed by atoms with Gasteiger partial charge in [0, 0.05) is 12.6 Å². The van der Waals surface area contributed by atoms with Gasteiger partial charge in [-0.2, -0.15) is 0 Å². The first kappa shape index (κ1) is 13.9. The summed E-state index contributed by atoms with van der Waals surface area (Å²) in [6.07, 6.45) is 4.83. The van der Waals surface area contributed by atoms with Gasteiger partial charge in [0.2, 0.25) is 0 Å². The van der Waals surface area contributed by atoms with Crippen LogP contribution in [-0.4, -0.2) is 54.4 Å². The smallest absolute Gasteiger partial charge is 0.104 e. The predicted molar refractivity (Wildman–Crippen MR) is 68.4 cm³/mol. The molecule has 0 aromatic carbocycles. The normalized spacial score (nSPS) is 28.7. The highest BCUT2D eigenvalue weighted by atomic mass is 16.3. The van der Waals surface area contributed by atoms with Crippen LogP contribution < -0.4 is 0 Å². The molecule has 3 nitrogen and oxygen atoms in total. The molecule has 0 aromatic rings. The lowest BCUT2D eigenvalue weighted by molar-refractivity contribution is -0.0229. The maximum absolute atomic E-state index is 9.69. The minimum atomic E-state index is -0.291. The van der Waals surface area contributed by atoms with Gasteiger partial charge < -0.3 is 10.0 Å². The summed E-state index contributed by atoms with van der Waals surface area (Å²) < 4.78 is 0. The van der Waals surface area contributed by atoms with Crippen LogP contribution in [0.3, 0.4) is 0 Å². The maximum atomic E-state index is 9.69. The van der Waals surface area contributed by atoms with Gasteiger partial charge in [-0.15, -0.1) is 0 Å². The summed E-state index contributed by atoms with van der Waals surface area (Å²) in [6.45, 7) is 6.20. The van der Waals surface area contributed by atoms with Gasteiger partial charge in [0.25, 0.3) is 0 Å². The van der Waals surface area contributed by atoms with E-state index in [1.165, 1.54) is 32.2 Å². The molecule has 16 heavy (non-hydrogen) atoms. The number of aliphatic hydroxyl groups excluding tert-OH is 1. The molecule has 0 aromatic heterocycles. The van der Waals surface area contributed by atoms with Gasteiger partial charge in [0.05, 0.1) is 0 Å². The molecule has 1 fully saturated rings. The van der Waals surface area contributed by atoms with Crippen molar-refractivity contribution < 1.29 is 5.11 Å². The van der Waals surface area contributed by atoms with E-state index in [4.69, 9.17) is 0 Å². The minimum Gasteiger partial charge on any atom is -0.379 e. The zero-order valence-corrected chi connectivity index (χ0v) is 11.3. The number of hydrogen-bond acceptors (Lipinski definition) is 3. The van der Waals surface area contributed by atoms with Gasteiger partial charge in [-0.25, -0.2) is 0 Å². The fraction of sp³-hybridized carbons (Fsp3) is 1.00. The number of rotatable bonds is 5. The lowest BCUT2D eigenvalue weighted by atomic mass is 9.85. The highest BCUT2D eigenvalue weighted by Crippen LogP contribution is 2.28. The summed E-state index contributed by atoms with van der Waals surface area (Å²) in [4.78, 5) is 4.52. The first-order valence-corrected chi connectivity index (χ1v) is 6.63. The van der Waals surface area contributed by atoms with Gasteiger partial charge in [-0.3, -0.25) is 4.90 Å². The minimum absolute atomic E-state index is 0.291. The average molecular weight is 228 g/mol. The van der Waals surface area contributed by atoms with Crippen LogP contribution in [0.1, 0.15) is 39.5 Å². The van der Waals surface area contributed by atoms with E-state index in [-0.39, 0.29) is 6.23 Å². The molecule has 1 unspecified atom stereocenters. The molecule has 3 heteroatoms. The molecule has 1 N–H and O–H groups in total. The van der Waals surface area contributed by atoms with E-state index in [0.29, 0.717) is 6.04 Å². The van der Waals surface area contributed by atoms with Gasteiger partial charge in [-0.05, 0) is 59.2 Å². The van der Waals surface area contributed by atoms with Crippen molar-refractivity contribution in [3.05, 3.63) is 0 Å². The van der Waals surface area contributed by atoms with Crippen LogP contribution in [0.2, 0.25) is 0 Å². The Morgan fingerprint density at radius 2 is 1.75 bits per heavy atom. The van der Waals surface area contributed by atoms with Crippen molar-refractivity contribution in [3.8, 4) is 0 Å². The van der Waals surface area contributed by atoms with E-state index in [0.717, 1.165) is 12.5 Å². The topological polar surface area (TPSA) is 26.7 Å². The maximum Gasteiger partial charge on any atom is 0.104 e. The van der Waals surface area contributed by atoms with Crippen molar-refractivity contribution in [1.82, 2.24) is 9.80 Å². The molecule has 0 spiro atoms. The number of hydrogen-bond donors (Lipinski definition) is 1. The number of aliphatic hydroxyl groups is 1. The third-order valence-electron chi connectivity index (χ3n) is 3.75. The lowest BCUT2D eigenvalue weighted by Crippen LogP contribution is -2.44. The summed E-state index contributed by atoms with van der Waals surface area (Å²) >= 11 is 0. The van der Waals surface area contributed by atoms with Crippen LogP contribution in [0, 0.1) is 5.92 Å². The second-order valence-corrected chi connectivity index (χ2v) is 5.40. The van der Waals surface area contributed by atoms with Crippen LogP contribution >= 0.6 is 0 Å². The van der Waals surface area contributed by atoms with Crippen molar-refractivity contribution in [2.24, 2.45) is 5.92 Å². The highest BCUT2D eigenvalue weighted by Gasteiger charge is 2.26. The van der Waals surface area contributed by atoms with E-state index in [2.05, 4.69) is 30.8 Å². The summed E-state index contributed by atoms with van der Waals surface area (Å²) in [7, 11) is 4.31. The highest BCUT2D eigenvalue weighted by molar-refractivity contribution is 4.80. The lowest BCUT2D eigenvalue weighted by Gasteiger charge is -2.38. The fourth-order valence-electron chi connectivity index (χ4n) is 3.00. The number of nitrogens with zero attached hydrogens (tertiary/aromatic N) is 2. The molecule has 0 amide bonds. The third kappa shape index (κ3) is 4.04. The van der Waals surface area contributed by atoms with E-state index in [1.54, 1.807) is 0 Å². The average Bonchev–Trinajstić information content (AvgIpc) is 2.20. The second kappa shape index (κ2) is 6.58. The summed E-state index contributed by atoms with van der Waals surface area (Å²) in [5, 5.41) is 9.69. The quantitative estimate of drug-likeness (QED) is 0.727. The first-order chi connectivity index (χ1) is 7.54. The molecule has 1 rings (SSSR count). The van der Waals surface area contributed by atoms with Crippen LogP contribution in [0.5, 0.6) is 0 Å². The Labute approximate surface area is 100 Å². The summed E-state index contributed by atoms with van der Waals surface area (Å²) in [6, 6.07) is 0.600. The molecule has 0 radical (unpaired) electrons. The van der Waals surface area contributed by atoms with Gasteiger partial charge >= 0.3 is 0 Å². The van der Waals surface area contributed by atoms with E-state index >= 15 is 0 Å². The van der Waals surface area contributed by atoms with Crippen molar-refractivity contribution in [3.63, 3.8) is 0 Å². The fourth-order valence-corrected chi connectivity index (χ4v) is 3.00. The molecule has 0 heterocycles. The van der Waals surface area contributed by atoms with Crippen molar-refractivity contribution in [1.29, 1.82) is 0 Å². The molecule has 0 bridgehead atoms. The molecule has 1 saturated carbocycles. The molecule has 1 atom stereocenters. The van der Waals surface area contributed by atoms with Gasteiger partial charge in [0.1, 0.15) is 6.23 Å². The van der Waals surface area contributed by atoms with E-state index in [1.807, 2.05) is 6.92 Å². The van der Waals surface area contributed by atoms with Crippen LogP contribution in [-0.2, 0) is 0 Å². The monoisotopic (exact) mass is 228 g/mol. The van der Waals surface area contributed by atoms with Crippen LogP contribution in [0.25, 0.3) is 0 Å². The van der Waals surface area contributed by atoms with Crippen LogP contribution in [0.15, 0.2) is 0 Å². The molecular weight excluding hydrogens is 200 g/mol. The Morgan fingerprint density at radius 3 is 2.12 bits per heavy atom. The van der Waals surface area contributed by atoms with Crippen molar-refractivity contribution in [2.75, 3.05) is 27.2 Å². The Kier molecular flexibility index (Phi) is 5.73. The molecular formula is C13H28N2O.